The second-order valence-corrected chi connectivity index (χ2v) is 3.15. The van der Waals surface area contributed by atoms with E-state index in [1.807, 2.05) is 0 Å². The van der Waals surface area contributed by atoms with Crippen molar-refractivity contribution in [1.29, 1.82) is 0 Å². The lowest BCUT2D eigenvalue weighted by Crippen LogP contribution is -2.36. The van der Waals surface area contributed by atoms with Crippen molar-refractivity contribution in [2.45, 2.75) is 12.3 Å². The van der Waals surface area contributed by atoms with Crippen LogP contribution in [0.1, 0.15) is 0 Å². The first-order chi connectivity index (χ1) is 7.43. The molecule has 0 amide bonds. The molecule has 0 heterocycles. The van der Waals surface area contributed by atoms with Gasteiger partial charge in [-0.1, -0.05) is 0 Å². The molecule has 0 bridgehead atoms. The number of anilines is 1. The molecular weight excluding hydrogens is 223 g/mol. The van der Waals surface area contributed by atoms with E-state index in [4.69, 9.17) is 10.5 Å². The highest BCUT2D eigenvalue weighted by atomic mass is 19.4. The first-order valence-electron chi connectivity index (χ1n) is 4.51. The third kappa shape index (κ3) is 3.62. The summed E-state index contributed by atoms with van der Waals surface area (Å²) in [6, 6.07) is 6.09. The van der Waals surface area contributed by atoms with Crippen LogP contribution >= 0.6 is 0 Å². The number of methoxy groups -OCH3 is 1. The maximum absolute atomic E-state index is 12.3. The van der Waals surface area contributed by atoms with Gasteiger partial charge in [-0.25, -0.2) is 0 Å². The van der Waals surface area contributed by atoms with Crippen LogP contribution in [-0.4, -0.2) is 26.0 Å². The Kier molecular flexibility index (Phi) is 4.00. The fraction of sp³-hybridized carbons (Fsp3) is 0.400. The topological polar surface area (TPSA) is 44.5 Å². The number of alkyl halides is 3. The van der Waals surface area contributed by atoms with E-state index in [1.165, 1.54) is 12.1 Å². The lowest BCUT2D eigenvalue weighted by atomic mass is 10.3. The van der Waals surface area contributed by atoms with Crippen LogP contribution in [0, 0.1) is 0 Å². The molecule has 1 unspecified atom stereocenters. The highest BCUT2D eigenvalue weighted by molar-refractivity contribution is 5.41. The number of ether oxygens (including phenoxy) is 2. The normalized spacial score (nSPS) is 13.5. The largest absolute Gasteiger partial charge is 0.491 e. The molecule has 0 aliphatic heterocycles. The maximum Gasteiger partial charge on any atom is 0.417 e. The van der Waals surface area contributed by atoms with Crippen molar-refractivity contribution in [3.05, 3.63) is 24.3 Å². The number of nitrogens with two attached hydrogens (primary N) is 1. The minimum absolute atomic E-state index is 0.320. The molecule has 0 fully saturated rings. The molecule has 0 spiro atoms. The van der Waals surface area contributed by atoms with Gasteiger partial charge in [0, 0.05) is 12.8 Å². The Hall–Kier alpha value is -1.43. The van der Waals surface area contributed by atoms with Crippen molar-refractivity contribution >= 4 is 5.69 Å². The third-order valence-corrected chi connectivity index (χ3v) is 1.93. The van der Waals surface area contributed by atoms with Crippen LogP contribution in [0.4, 0.5) is 18.9 Å². The predicted molar refractivity (Wildman–Crippen MR) is 53.2 cm³/mol. The maximum atomic E-state index is 12.3. The number of hydrogen-bond acceptors (Lipinski definition) is 3. The van der Waals surface area contributed by atoms with Crippen molar-refractivity contribution in [3.8, 4) is 5.75 Å². The summed E-state index contributed by atoms with van der Waals surface area (Å²) in [6.07, 6.45) is -6.35. The van der Waals surface area contributed by atoms with Gasteiger partial charge in [0.1, 0.15) is 12.4 Å². The Bertz CT molecular complexity index is 324. The molecule has 90 valence electrons. The fourth-order valence-electron chi connectivity index (χ4n) is 1.03. The van der Waals surface area contributed by atoms with Gasteiger partial charge >= 0.3 is 6.18 Å². The van der Waals surface area contributed by atoms with Crippen molar-refractivity contribution in [3.63, 3.8) is 0 Å². The zero-order valence-corrected chi connectivity index (χ0v) is 8.62. The van der Waals surface area contributed by atoms with Gasteiger partial charge in [0.05, 0.1) is 0 Å². The van der Waals surface area contributed by atoms with Gasteiger partial charge in [-0.05, 0) is 24.3 Å². The zero-order chi connectivity index (χ0) is 12.2. The SMILES string of the molecule is COC(COc1ccc(N)cc1)C(F)(F)F. The van der Waals surface area contributed by atoms with Crippen molar-refractivity contribution < 1.29 is 22.6 Å². The van der Waals surface area contributed by atoms with Crippen LogP contribution in [0.2, 0.25) is 0 Å². The highest BCUT2D eigenvalue weighted by Crippen LogP contribution is 2.23. The van der Waals surface area contributed by atoms with Gasteiger partial charge in [0.25, 0.3) is 0 Å². The minimum Gasteiger partial charge on any atom is -0.491 e. The monoisotopic (exact) mass is 235 g/mol. The van der Waals surface area contributed by atoms with Gasteiger partial charge in [0.2, 0.25) is 0 Å². The lowest BCUT2D eigenvalue weighted by molar-refractivity contribution is -0.219. The summed E-state index contributed by atoms with van der Waals surface area (Å²) in [7, 11) is 0.991. The van der Waals surface area contributed by atoms with Crippen LogP contribution in [0.3, 0.4) is 0 Å². The summed E-state index contributed by atoms with van der Waals surface area (Å²) in [5.41, 5.74) is 5.94. The number of hydrogen-bond donors (Lipinski definition) is 1. The van der Waals surface area contributed by atoms with E-state index >= 15 is 0 Å². The molecular formula is C10H12F3NO2. The molecule has 0 saturated carbocycles. The van der Waals surface area contributed by atoms with Gasteiger partial charge in [-0.3, -0.25) is 0 Å². The number of benzene rings is 1. The van der Waals surface area contributed by atoms with E-state index in [0.29, 0.717) is 11.4 Å². The summed E-state index contributed by atoms with van der Waals surface area (Å²) in [5.74, 6) is 0.320. The van der Waals surface area contributed by atoms with Crippen molar-refractivity contribution in [2.24, 2.45) is 0 Å². The summed E-state index contributed by atoms with van der Waals surface area (Å²) in [6.45, 7) is -0.579. The van der Waals surface area contributed by atoms with E-state index in [-0.39, 0.29) is 0 Å². The van der Waals surface area contributed by atoms with Crippen LogP contribution in [0.5, 0.6) is 5.75 Å². The molecule has 0 saturated heterocycles. The second kappa shape index (κ2) is 5.07. The summed E-state index contributed by atoms with van der Waals surface area (Å²) >= 11 is 0. The van der Waals surface area contributed by atoms with E-state index in [2.05, 4.69) is 4.74 Å². The standard InChI is InChI=1S/C10H12F3NO2/c1-15-9(10(11,12)13)6-16-8-4-2-7(14)3-5-8/h2-5,9H,6,14H2,1H3. The summed E-state index contributed by atoms with van der Waals surface area (Å²) in [5, 5.41) is 0. The second-order valence-electron chi connectivity index (χ2n) is 3.15. The van der Waals surface area contributed by atoms with E-state index < -0.39 is 18.9 Å². The van der Waals surface area contributed by atoms with Crippen molar-refractivity contribution in [2.75, 3.05) is 19.5 Å². The molecule has 0 aliphatic carbocycles. The molecule has 0 radical (unpaired) electrons. The molecule has 0 aromatic heterocycles. The molecule has 1 aromatic carbocycles. The van der Waals surface area contributed by atoms with Crippen LogP contribution in [0.25, 0.3) is 0 Å². The van der Waals surface area contributed by atoms with Crippen LogP contribution < -0.4 is 10.5 Å². The average Bonchev–Trinajstić information content (AvgIpc) is 2.19. The summed E-state index contributed by atoms with van der Waals surface area (Å²) < 4.78 is 46.0. The van der Waals surface area contributed by atoms with Gasteiger partial charge in [0.15, 0.2) is 6.10 Å². The first kappa shape index (κ1) is 12.6. The highest BCUT2D eigenvalue weighted by Gasteiger charge is 2.40. The molecule has 2 N–H and O–H groups in total. The predicted octanol–water partition coefficient (Wildman–Crippen LogP) is 2.22. The summed E-state index contributed by atoms with van der Waals surface area (Å²) in [4.78, 5) is 0. The van der Waals surface area contributed by atoms with E-state index in [1.54, 1.807) is 12.1 Å². The molecule has 3 nitrogen and oxygen atoms in total. The smallest absolute Gasteiger partial charge is 0.417 e. The van der Waals surface area contributed by atoms with Crippen molar-refractivity contribution in [1.82, 2.24) is 0 Å². The fourth-order valence-corrected chi connectivity index (χ4v) is 1.03. The molecule has 6 heteroatoms. The van der Waals surface area contributed by atoms with E-state index in [0.717, 1.165) is 7.11 Å². The Labute approximate surface area is 91.0 Å². The average molecular weight is 235 g/mol. The molecule has 1 rings (SSSR count). The molecule has 1 aromatic rings. The Balaban J connectivity index is 2.53. The Morgan fingerprint density at radius 1 is 1.25 bits per heavy atom. The van der Waals surface area contributed by atoms with Crippen LogP contribution in [-0.2, 0) is 4.74 Å². The minimum atomic E-state index is -4.43. The Morgan fingerprint density at radius 2 is 1.81 bits per heavy atom. The number of rotatable bonds is 4. The zero-order valence-electron chi connectivity index (χ0n) is 8.62. The number of halogens is 3. The van der Waals surface area contributed by atoms with Gasteiger partial charge in [-0.15, -0.1) is 0 Å². The third-order valence-electron chi connectivity index (χ3n) is 1.93. The Morgan fingerprint density at radius 3 is 2.25 bits per heavy atom. The van der Waals surface area contributed by atoms with Gasteiger partial charge in [-0.2, -0.15) is 13.2 Å². The van der Waals surface area contributed by atoms with Crippen LogP contribution in [0.15, 0.2) is 24.3 Å². The first-order valence-corrected chi connectivity index (χ1v) is 4.51. The molecule has 0 aliphatic rings. The molecule has 1 atom stereocenters. The molecule has 16 heavy (non-hydrogen) atoms. The number of nitrogen functional groups attached to an aromatic ring is 1. The van der Waals surface area contributed by atoms with E-state index in [9.17, 15) is 13.2 Å². The quantitative estimate of drug-likeness (QED) is 0.814. The lowest BCUT2D eigenvalue weighted by Gasteiger charge is -2.18. The van der Waals surface area contributed by atoms with Gasteiger partial charge < -0.3 is 15.2 Å².